The van der Waals surface area contributed by atoms with Gasteiger partial charge in [0.2, 0.25) is 0 Å². The van der Waals surface area contributed by atoms with Crippen molar-refractivity contribution < 1.29 is 14.3 Å². The Labute approximate surface area is 172 Å². The molecule has 29 heavy (non-hydrogen) atoms. The second-order valence-electron chi connectivity index (χ2n) is 8.90. The van der Waals surface area contributed by atoms with Crippen molar-refractivity contribution in [1.29, 1.82) is 0 Å². The molecule has 2 aromatic carbocycles. The van der Waals surface area contributed by atoms with E-state index < -0.39 is 11.1 Å². The highest BCUT2D eigenvalue weighted by Crippen LogP contribution is 2.50. The minimum absolute atomic E-state index is 0.0296. The van der Waals surface area contributed by atoms with E-state index in [1.165, 1.54) is 0 Å². The van der Waals surface area contributed by atoms with Crippen LogP contribution in [0.15, 0.2) is 72.8 Å². The Morgan fingerprint density at radius 2 is 1.69 bits per heavy atom. The molecular weight excluding hydrogens is 362 g/mol. The van der Waals surface area contributed by atoms with E-state index in [0.29, 0.717) is 13.0 Å². The first-order valence-electron chi connectivity index (χ1n) is 10.1. The van der Waals surface area contributed by atoms with Crippen molar-refractivity contribution in [2.24, 2.45) is 5.92 Å². The first-order valence-corrected chi connectivity index (χ1v) is 10.1. The number of hydrogen-bond donors (Lipinski definition) is 0. The molecule has 4 rings (SSSR count). The number of carbonyl (C=O) groups excluding carboxylic acids is 2. The van der Waals surface area contributed by atoms with E-state index in [2.05, 4.69) is 17.0 Å². The molecule has 0 saturated carbocycles. The number of esters is 1. The molecule has 0 amide bonds. The molecular formula is C25H27NO3. The van der Waals surface area contributed by atoms with Gasteiger partial charge in [-0.05, 0) is 44.4 Å². The molecule has 2 aromatic rings. The van der Waals surface area contributed by atoms with Gasteiger partial charge in [0.1, 0.15) is 11.1 Å². The summed E-state index contributed by atoms with van der Waals surface area (Å²) in [5.41, 5.74) is 0.635. The van der Waals surface area contributed by atoms with Crippen molar-refractivity contribution in [2.45, 2.75) is 50.9 Å². The van der Waals surface area contributed by atoms with E-state index in [0.717, 1.165) is 11.1 Å². The fraction of sp³-hybridized carbons (Fsp3) is 0.360. The predicted octanol–water partition coefficient (Wildman–Crippen LogP) is 4.25. The highest BCUT2D eigenvalue weighted by molar-refractivity contribution is 6.01. The Morgan fingerprint density at radius 1 is 1.07 bits per heavy atom. The van der Waals surface area contributed by atoms with Crippen molar-refractivity contribution in [3.05, 3.63) is 83.9 Å². The summed E-state index contributed by atoms with van der Waals surface area (Å²) >= 11 is 0. The predicted molar refractivity (Wildman–Crippen MR) is 112 cm³/mol. The Balaban J connectivity index is 1.79. The minimum atomic E-state index is -0.849. The third-order valence-electron chi connectivity index (χ3n) is 5.79. The maximum absolute atomic E-state index is 13.3. The van der Waals surface area contributed by atoms with Gasteiger partial charge in [-0.3, -0.25) is 14.5 Å². The van der Waals surface area contributed by atoms with Gasteiger partial charge in [0.15, 0.2) is 5.78 Å². The fourth-order valence-corrected chi connectivity index (χ4v) is 4.59. The largest absolute Gasteiger partial charge is 0.460 e. The summed E-state index contributed by atoms with van der Waals surface area (Å²) in [5, 5.41) is 0. The SMILES string of the molecule is CC(C)(C)OC(=O)C1C[C@@]2(c3ccccc3)C(=O)C=CC1N2Cc1ccccc1. The summed E-state index contributed by atoms with van der Waals surface area (Å²) in [6, 6.07) is 19.7. The van der Waals surface area contributed by atoms with Crippen molar-refractivity contribution in [2.75, 3.05) is 0 Å². The zero-order chi connectivity index (χ0) is 20.6. The number of fused-ring (bicyclic) bond motifs is 2. The van der Waals surface area contributed by atoms with Gasteiger partial charge in [-0.1, -0.05) is 66.7 Å². The lowest BCUT2D eigenvalue weighted by Crippen LogP contribution is -2.51. The Morgan fingerprint density at radius 3 is 2.31 bits per heavy atom. The van der Waals surface area contributed by atoms with Crippen LogP contribution in [0.3, 0.4) is 0 Å². The Kier molecular flexibility index (Phi) is 4.91. The van der Waals surface area contributed by atoms with Crippen LogP contribution in [0, 0.1) is 5.92 Å². The highest BCUT2D eigenvalue weighted by Gasteiger charge is 2.59. The molecule has 2 aliphatic heterocycles. The number of nitrogens with zero attached hydrogens (tertiary/aromatic N) is 1. The third-order valence-corrected chi connectivity index (χ3v) is 5.79. The zero-order valence-electron chi connectivity index (χ0n) is 17.2. The zero-order valence-corrected chi connectivity index (χ0v) is 17.2. The monoisotopic (exact) mass is 389 g/mol. The molecule has 0 spiro atoms. The Hall–Kier alpha value is -2.72. The Bertz CT molecular complexity index is 930. The van der Waals surface area contributed by atoms with Gasteiger partial charge in [-0.2, -0.15) is 0 Å². The molecule has 0 radical (unpaired) electrons. The molecule has 4 nitrogen and oxygen atoms in total. The number of rotatable bonds is 4. The summed E-state index contributed by atoms with van der Waals surface area (Å²) in [7, 11) is 0. The maximum atomic E-state index is 13.3. The molecule has 1 fully saturated rings. The van der Waals surface area contributed by atoms with Crippen LogP contribution in [0.5, 0.6) is 0 Å². The van der Waals surface area contributed by atoms with Crippen LogP contribution < -0.4 is 0 Å². The maximum Gasteiger partial charge on any atom is 0.311 e. The summed E-state index contributed by atoms with van der Waals surface area (Å²) in [6.45, 7) is 6.22. The van der Waals surface area contributed by atoms with Crippen molar-refractivity contribution in [3.8, 4) is 0 Å². The molecule has 0 aromatic heterocycles. The quantitative estimate of drug-likeness (QED) is 0.734. The van der Waals surface area contributed by atoms with Crippen LogP contribution in [0.4, 0.5) is 0 Å². The normalized spacial score (nSPS) is 26.5. The molecule has 0 N–H and O–H groups in total. The van der Waals surface area contributed by atoms with E-state index in [1.807, 2.05) is 75.4 Å². The molecule has 3 atom stereocenters. The lowest BCUT2D eigenvalue weighted by atomic mass is 9.81. The molecule has 2 heterocycles. The number of hydrogen-bond acceptors (Lipinski definition) is 4. The fourth-order valence-electron chi connectivity index (χ4n) is 4.59. The molecule has 0 aliphatic carbocycles. The van der Waals surface area contributed by atoms with Crippen LogP contribution in [0.25, 0.3) is 0 Å². The van der Waals surface area contributed by atoms with Gasteiger partial charge in [0, 0.05) is 12.6 Å². The lowest BCUT2D eigenvalue weighted by Gasteiger charge is -2.41. The van der Waals surface area contributed by atoms with Gasteiger partial charge >= 0.3 is 5.97 Å². The first-order chi connectivity index (χ1) is 13.8. The topological polar surface area (TPSA) is 46.6 Å². The van der Waals surface area contributed by atoms with Crippen molar-refractivity contribution in [3.63, 3.8) is 0 Å². The van der Waals surface area contributed by atoms with E-state index in [4.69, 9.17) is 4.74 Å². The summed E-state index contributed by atoms with van der Waals surface area (Å²) < 4.78 is 5.73. The molecule has 4 heteroatoms. The number of ether oxygens (including phenoxy) is 1. The highest BCUT2D eigenvalue weighted by atomic mass is 16.6. The number of benzene rings is 2. The van der Waals surface area contributed by atoms with Crippen LogP contribution in [-0.4, -0.2) is 28.3 Å². The second-order valence-corrected chi connectivity index (χ2v) is 8.90. The summed E-state index contributed by atoms with van der Waals surface area (Å²) in [4.78, 5) is 28.6. The van der Waals surface area contributed by atoms with Crippen LogP contribution in [0.1, 0.15) is 38.3 Å². The smallest absolute Gasteiger partial charge is 0.311 e. The van der Waals surface area contributed by atoms with Crippen molar-refractivity contribution in [1.82, 2.24) is 4.90 Å². The van der Waals surface area contributed by atoms with Crippen LogP contribution >= 0.6 is 0 Å². The minimum Gasteiger partial charge on any atom is -0.460 e. The van der Waals surface area contributed by atoms with Gasteiger partial charge in [0.25, 0.3) is 0 Å². The van der Waals surface area contributed by atoms with E-state index in [-0.39, 0.29) is 23.7 Å². The first kappa shape index (κ1) is 19.6. The summed E-state index contributed by atoms with van der Waals surface area (Å²) in [6.07, 6.45) is 3.97. The number of carbonyl (C=O) groups is 2. The molecule has 2 unspecified atom stereocenters. The third kappa shape index (κ3) is 3.53. The molecule has 2 bridgehead atoms. The van der Waals surface area contributed by atoms with Gasteiger partial charge in [0.05, 0.1) is 5.92 Å². The second kappa shape index (κ2) is 7.27. The van der Waals surface area contributed by atoms with Crippen molar-refractivity contribution >= 4 is 11.8 Å². The van der Waals surface area contributed by atoms with E-state index >= 15 is 0 Å². The average molecular weight is 389 g/mol. The summed E-state index contributed by atoms with van der Waals surface area (Å²) in [5.74, 6) is -0.597. The van der Waals surface area contributed by atoms with Crippen LogP contribution in [-0.2, 0) is 26.4 Å². The van der Waals surface area contributed by atoms with Crippen LogP contribution in [0.2, 0.25) is 0 Å². The molecule has 150 valence electrons. The lowest BCUT2D eigenvalue weighted by molar-refractivity contribution is -0.160. The molecule has 2 aliphatic rings. The number of ketones is 1. The standard InChI is InChI=1S/C25H27NO3/c1-24(2,3)29-23(28)20-16-25(19-12-8-5-9-13-19)22(27)15-14-21(20)26(25)17-18-10-6-4-7-11-18/h4-15,20-21H,16-17H2,1-3H3/t20?,21?,25-/m1/s1. The van der Waals surface area contributed by atoms with E-state index in [1.54, 1.807) is 6.08 Å². The van der Waals surface area contributed by atoms with Gasteiger partial charge in [-0.15, -0.1) is 0 Å². The average Bonchev–Trinajstić information content (AvgIpc) is 2.92. The van der Waals surface area contributed by atoms with Gasteiger partial charge < -0.3 is 4.74 Å². The molecule has 1 saturated heterocycles. The van der Waals surface area contributed by atoms with Gasteiger partial charge in [-0.25, -0.2) is 0 Å². The van der Waals surface area contributed by atoms with E-state index in [9.17, 15) is 9.59 Å².